The maximum Gasteiger partial charge on any atom is 0.262 e. The summed E-state index contributed by atoms with van der Waals surface area (Å²) in [5.41, 5.74) is 1.78. The number of aromatic nitrogens is 1. The molecule has 0 fully saturated rings. The molecule has 0 spiro atoms. The summed E-state index contributed by atoms with van der Waals surface area (Å²) in [5.74, 6) is -0.240. The monoisotopic (exact) mass is 306 g/mol. The molecule has 4 nitrogen and oxygen atoms in total. The molecule has 3 aromatic rings. The largest absolute Gasteiger partial charge is 0.507 e. The highest BCUT2D eigenvalue weighted by Gasteiger charge is 2.20. The molecule has 0 aliphatic carbocycles. The predicted octanol–water partition coefficient (Wildman–Crippen LogP) is 4.00. The molecule has 23 heavy (non-hydrogen) atoms. The van der Waals surface area contributed by atoms with Gasteiger partial charge in [0.25, 0.3) is 5.91 Å². The van der Waals surface area contributed by atoms with E-state index in [0.717, 1.165) is 17.5 Å². The number of anilines is 1. The van der Waals surface area contributed by atoms with Crippen molar-refractivity contribution in [1.82, 2.24) is 4.98 Å². The number of pyridine rings is 1. The van der Waals surface area contributed by atoms with Gasteiger partial charge in [-0.25, -0.2) is 0 Å². The summed E-state index contributed by atoms with van der Waals surface area (Å²) >= 11 is 0. The number of hydrogen-bond acceptors (Lipinski definition) is 3. The third-order valence-corrected chi connectivity index (χ3v) is 3.71. The molecule has 3 rings (SSSR count). The average Bonchev–Trinajstić information content (AvgIpc) is 2.59. The van der Waals surface area contributed by atoms with Crippen molar-refractivity contribution >= 4 is 22.5 Å². The zero-order valence-corrected chi connectivity index (χ0v) is 12.9. The van der Waals surface area contributed by atoms with E-state index in [9.17, 15) is 9.90 Å². The topological polar surface area (TPSA) is 53.4 Å². The minimum atomic E-state index is -0.219. The lowest BCUT2D eigenvalue weighted by Crippen LogP contribution is -2.31. The molecule has 0 unspecified atom stereocenters. The highest BCUT2D eigenvalue weighted by molar-refractivity contribution is 6.09. The molecule has 0 aliphatic rings. The average molecular weight is 306 g/mol. The van der Waals surface area contributed by atoms with E-state index in [1.807, 2.05) is 43.3 Å². The Morgan fingerprint density at radius 3 is 2.65 bits per heavy atom. The highest BCUT2D eigenvalue weighted by atomic mass is 16.3. The maximum absolute atomic E-state index is 12.9. The Labute approximate surface area is 135 Å². The Bertz CT molecular complexity index is 831. The number of fused-ring (bicyclic) bond motifs is 1. The molecule has 116 valence electrons. The summed E-state index contributed by atoms with van der Waals surface area (Å²) in [6, 6.07) is 16.4. The first-order chi connectivity index (χ1) is 11.2. The van der Waals surface area contributed by atoms with Gasteiger partial charge in [0, 0.05) is 23.8 Å². The van der Waals surface area contributed by atoms with Crippen LogP contribution in [0.3, 0.4) is 0 Å². The van der Waals surface area contributed by atoms with Crippen molar-refractivity contribution in [2.45, 2.75) is 13.3 Å². The number of hydrogen-bond donors (Lipinski definition) is 1. The van der Waals surface area contributed by atoms with Gasteiger partial charge in [0.2, 0.25) is 0 Å². The Morgan fingerprint density at radius 1 is 1.13 bits per heavy atom. The van der Waals surface area contributed by atoms with Gasteiger partial charge in [0.05, 0.1) is 11.1 Å². The van der Waals surface area contributed by atoms with Crippen LogP contribution in [0, 0.1) is 0 Å². The van der Waals surface area contributed by atoms with Crippen LogP contribution in [0.25, 0.3) is 10.9 Å². The van der Waals surface area contributed by atoms with Gasteiger partial charge in [-0.05, 0) is 36.8 Å². The summed E-state index contributed by atoms with van der Waals surface area (Å²) in [6.07, 6.45) is 2.50. The first kappa shape index (κ1) is 15.0. The minimum absolute atomic E-state index is 0.0208. The lowest BCUT2D eigenvalue weighted by Gasteiger charge is -2.23. The van der Waals surface area contributed by atoms with Crippen LogP contribution in [0.4, 0.5) is 5.69 Å². The summed E-state index contributed by atoms with van der Waals surface area (Å²) in [6.45, 7) is 2.60. The molecule has 0 saturated heterocycles. The minimum Gasteiger partial charge on any atom is -0.507 e. The molecule has 2 aromatic carbocycles. The van der Waals surface area contributed by atoms with Crippen LogP contribution in [0.5, 0.6) is 5.75 Å². The van der Waals surface area contributed by atoms with Crippen LogP contribution in [0.15, 0.2) is 60.8 Å². The zero-order valence-electron chi connectivity index (χ0n) is 12.9. The van der Waals surface area contributed by atoms with E-state index in [4.69, 9.17) is 0 Å². The van der Waals surface area contributed by atoms with Crippen molar-refractivity contribution in [3.8, 4) is 5.75 Å². The molecule has 0 radical (unpaired) electrons. The van der Waals surface area contributed by atoms with Crippen molar-refractivity contribution in [2.24, 2.45) is 0 Å². The fourth-order valence-electron chi connectivity index (χ4n) is 2.60. The first-order valence-corrected chi connectivity index (χ1v) is 7.65. The fraction of sp³-hybridized carbons (Fsp3) is 0.158. The Hall–Kier alpha value is -2.88. The van der Waals surface area contributed by atoms with Crippen LogP contribution >= 0.6 is 0 Å². The van der Waals surface area contributed by atoms with Gasteiger partial charge in [-0.3, -0.25) is 9.78 Å². The second-order valence-electron chi connectivity index (χ2n) is 5.36. The lowest BCUT2D eigenvalue weighted by molar-refractivity contribution is 0.0984. The molecule has 0 aliphatic heterocycles. The maximum atomic E-state index is 12.9. The van der Waals surface area contributed by atoms with E-state index in [-0.39, 0.29) is 17.2 Å². The van der Waals surface area contributed by atoms with E-state index in [1.165, 1.54) is 0 Å². The van der Waals surface area contributed by atoms with Gasteiger partial charge in [-0.15, -0.1) is 0 Å². The van der Waals surface area contributed by atoms with E-state index < -0.39 is 0 Å². The molecule has 0 bridgehead atoms. The second kappa shape index (κ2) is 6.48. The number of carbonyl (C=O) groups excluding carboxylic acids is 1. The number of phenolic OH excluding ortho intramolecular Hbond substituents is 1. The molecule has 0 saturated carbocycles. The van der Waals surface area contributed by atoms with Crippen molar-refractivity contribution in [2.75, 3.05) is 11.4 Å². The van der Waals surface area contributed by atoms with E-state index in [0.29, 0.717) is 12.1 Å². The van der Waals surface area contributed by atoms with Crippen LogP contribution in [0.1, 0.15) is 23.7 Å². The number of amides is 1. The number of rotatable bonds is 4. The molecular formula is C19H18N2O2. The third-order valence-electron chi connectivity index (χ3n) is 3.71. The van der Waals surface area contributed by atoms with Gasteiger partial charge in [-0.1, -0.05) is 31.2 Å². The standard InChI is InChI=1S/C19H18N2O2/c1-2-11-21(15-8-4-3-5-9-15)19(23)16-13-17-14(12-18(16)22)7-6-10-20-17/h3-10,12-13,22H,2,11H2,1H3. The summed E-state index contributed by atoms with van der Waals surface area (Å²) in [4.78, 5) is 18.9. The summed E-state index contributed by atoms with van der Waals surface area (Å²) in [7, 11) is 0. The highest BCUT2D eigenvalue weighted by Crippen LogP contribution is 2.27. The molecule has 4 heteroatoms. The summed E-state index contributed by atoms with van der Waals surface area (Å²) < 4.78 is 0. The third kappa shape index (κ3) is 3.01. The lowest BCUT2D eigenvalue weighted by atomic mass is 10.1. The fourth-order valence-corrected chi connectivity index (χ4v) is 2.60. The Balaban J connectivity index is 2.05. The Kier molecular flexibility index (Phi) is 4.24. The van der Waals surface area contributed by atoms with Crippen molar-refractivity contribution in [3.05, 3.63) is 66.4 Å². The molecular weight excluding hydrogens is 288 g/mol. The second-order valence-corrected chi connectivity index (χ2v) is 5.36. The predicted molar refractivity (Wildman–Crippen MR) is 91.8 cm³/mol. The van der Waals surface area contributed by atoms with Gasteiger partial charge in [0.1, 0.15) is 5.75 Å². The van der Waals surface area contributed by atoms with Crippen LogP contribution in [0.2, 0.25) is 0 Å². The number of carbonyl (C=O) groups is 1. The molecule has 1 heterocycles. The van der Waals surface area contributed by atoms with E-state index in [2.05, 4.69) is 4.98 Å². The number of nitrogens with zero attached hydrogens (tertiary/aromatic N) is 2. The molecule has 1 aromatic heterocycles. The SMILES string of the molecule is CCCN(C(=O)c1cc2ncccc2cc1O)c1ccccc1. The van der Waals surface area contributed by atoms with Crippen molar-refractivity contribution < 1.29 is 9.90 Å². The summed E-state index contributed by atoms with van der Waals surface area (Å²) in [5, 5.41) is 11.1. The van der Waals surface area contributed by atoms with Crippen molar-refractivity contribution in [3.63, 3.8) is 0 Å². The van der Waals surface area contributed by atoms with Crippen LogP contribution < -0.4 is 4.90 Å². The quantitative estimate of drug-likeness (QED) is 0.792. The smallest absolute Gasteiger partial charge is 0.262 e. The van der Waals surface area contributed by atoms with Crippen LogP contribution in [-0.2, 0) is 0 Å². The molecule has 1 amide bonds. The van der Waals surface area contributed by atoms with Gasteiger partial charge >= 0.3 is 0 Å². The molecule has 1 N–H and O–H groups in total. The number of phenols is 1. The van der Waals surface area contributed by atoms with Gasteiger partial charge in [0.15, 0.2) is 0 Å². The number of para-hydroxylation sites is 1. The number of benzene rings is 2. The van der Waals surface area contributed by atoms with Gasteiger partial charge < -0.3 is 10.0 Å². The van der Waals surface area contributed by atoms with E-state index in [1.54, 1.807) is 29.3 Å². The first-order valence-electron chi connectivity index (χ1n) is 7.65. The number of aromatic hydroxyl groups is 1. The zero-order chi connectivity index (χ0) is 16.2. The van der Waals surface area contributed by atoms with Gasteiger partial charge in [-0.2, -0.15) is 0 Å². The van der Waals surface area contributed by atoms with Crippen LogP contribution in [-0.4, -0.2) is 22.5 Å². The van der Waals surface area contributed by atoms with E-state index >= 15 is 0 Å². The van der Waals surface area contributed by atoms with Crippen molar-refractivity contribution in [1.29, 1.82) is 0 Å². The molecule has 0 atom stereocenters. The normalized spacial score (nSPS) is 10.7. The Morgan fingerprint density at radius 2 is 1.91 bits per heavy atom.